The topological polar surface area (TPSA) is 104 Å². The molecule has 8 heteroatoms. The Hall–Kier alpha value is -3.29. The van der Waals surface area contributed by atoms with Crippen LogP contribution in [0.25, 0.3) is 6.08 Å². The van der Waals surface area contributed by atoms with E-state index in [-0.39, 0.29) is 23.6 Å². The van der Waals surface area contributed by atoms with Gasteiger partial charge in [-0.15, -0.1) is 0 Å². The van der Waals surface area contributed by atoms with E-state index in [0.717, 1.165) is 5.56 Å². The third-order valence-corrected chi connectivity index (χ3v) is 3.45. The number of nitro groups is 1. The maximum absolute atomic E-state index is 12.0. The molecule has 1 aromatic carbocycles. The molecule has 1 aromatic heterocycles. The van der Waals surface area contributed by atoms with Crippen LogP contribution < -0.4 is 14.8 Å². The Labute approximate surface area is 144 Å². The number of furan rings is 1. The number of carbonyl (C=O) groups excluding carboxylic acids is 1. The fraction of sp³-hybridized carbons (Fsp3) is 0.235. The van der Waals surface area contributed by atoms with E-state index in [1.54, 1.807) is 39.3 Å². The number of ether oxygens (including phenoxy) is 2. The number of methoxy groups -OCH3 is 2. The molecular weight excluding hydrogens is 328 g/mol. The molecule has 132 valence electrons. The molecule has 0 aliphatic carbocycles. The first kappa shape index (κ1) is 18.1. The summed E-state index contributed by atoms with van der Waals surface area (Å²) in [5.74, 6) is 0.731. The van der Waals surface area contributed by atoms with Gasteiger partial charge in [0.25, 0.3) is 0 Å². The summed E-state index contributed by atoms with van der Waals surface area (Å²) in [6, 6.07) is 7.60. The number of nitrogens with one attached hydrogen (secondary N) is 1. The van der Waals surface area contributed by atoms with E-state index in [4.69, 9.17) is 13.9 Å². The number of rotatable bonds is 7. The van der Waals surface area contributed by atoms with Gasteiger partial charge in [0.15, 0.2) is 0 Å². The quantitative estimate of drug-likeness (QED) is 0.469. The first-order valence-corrected chi connectivity index (χ1v) is 7.39. The van der Waals surface area contributed by atoms with Gasteiger partial charge >= 0.3 is 5.88 Å². The van der Waals surface area contributed by atoms with Crippen molar-refractivity contribution in [2.45, 2.75) is 13.0 Å². The fourth-order valence-corrected chi connectivity index (χ4v) is 2.20. The zero-order chi connectivity index (χ0) is 18.4. The highest BCUT2D eigenvalue weighted by atomic mass is 16.6. The predicted molar refractivity (Wildman–Crippen MR) is 90.5 cm³/mol. The van der Waals surface area contributed by atoms with Gasteiger partial charge in [-0.2, -0.15) is 0 Å². The van der Waals surface area contributed by atoms with Crippen LogP contribution in [-0.2, 0) is 4.79 Å². The highest BCUT2D eigenvalue weighted by Crippen LogP contribution is 2.29. The van der Waals surface area contributed by atoms with E-state index in [0.29, 0.717) is 11.5 Å². The standard InChI is InChI=1S/C17H18N2O6/c1-11(14-10-13(23-2)4-7-15(14)24-3)18-16(20)8-5-12-6-9-17(25-12)19(21)22/h4-11H,1-3H3,(H,18,20)/b8-5+/t11-/m1/s1. The summed E-state index contributed by atoms with van der Waals surface area (Å²) in [5.41, 5.74) is 0.761. The number of amides is 1. The van der Waals surface area contributed by atoms with Crippen LogP contribution in [0.1, 0.15) is 24.3 Å². The molecule has 1 amide bonds. The average molecular weight is 346 g/mol. The molecule has 0 aliphatic rings. The molecular formula is C17H18N2O6. The van der Waals surface area contributed by atoms with Gasteiger partial charge in [0, 0.05) is 11.6 Å². The Morgan fingerprint density at radius 2 is 2.04 bits per heavy atom. The molecule has 0 saturated heterocycles. The highest BCUT2D eigenvalue weighted by Gasteiger charge is 2.15. The van der Waals surface area contributed by atoms with Crippen LogP contribution in [0.2, 0.25) is 0 Å². The fourth-order valence-electron chi connectivity index (χ4n) is 2.20. The van der Waals surface area contributed by atoms with E-state index in [1.807, 2.05) is 0 Å². The Balaban J connectivity index is 2.06. The average Bonchev–Trinajstić information content (AvgIpc) is 3.08. The number of hydrogen-bond donors (Lipinski definition) is 1. The van der Waals surface area contributed by atoms with Crippen LogP contribution >= 0.6 is 0 Å². The summed E-state index contributed by atoms with van der Waals surface area (Å²) in [4.78, 5) is 22.0. The Kier molecular flexibility index (Phi) is 5.78. The van der Waals surface area contributed by atoms with Crippen molar-refractivity contribution in [3.8, 4) is 11.5 Å². The second-order valence-corrected chi connectivity index (χ2v) is 5.10. The van der Waals surface area contributed by atoms with Crippen molar-refractivity contribution in [1.82, 2.24) is 5.32 Å². The van der Waals surface area contributed by atoms with Crippen molar-refractivity contribution >= 4 is 17.9 Å². The monoisotopic (exact) mass is 346 g/mol. The normalized spacial score (nSPS) is 12.0. The van der Waals surface area contributed by atoms with E-state index < -0.39 is 4.92 Å². The van der Waals surface area contributed by atoms with Gasteiger partial charge in [-0.1, -0.05) is 0 Å². The SMILES string of the molecule is COc1ccc(OC)c([C@@H](C)NC(=O)/C=C/c2ccc([N+](=O)[O-])o2)c1. The summed E-state index contributed by atoms with van der Waals surface area (Å²) in [6.45, 7) is 1.81. The largest absolute Gasteiger partial charge is 0.497 e. The van der Waals surface area contributed by atoms with Crippen molar-refractivity contribution in [2.75, 3.05) is 14.2 Å². The smallest absolute Gasteiger partial charge is 0.433 e. The molecule has 8 nitrogen and oxygen atoms in total. The summed E-state index contributed by atoms with van der Waals surface area (Å²) >= 11 is 0. The van der Waals surface area contributed by atoms with Gasteiger partial charge in [0.2, 0.25) is 5.91 Å². The number of hydrogen-bond acceptors (Lipinski definition) is 6. The van der Waals surface area contributed by atoms with Crippen molar-refractivity contribution < 1.29 is 23.6 Å². The first-order chi connectivity index (χ1) is 11.9. The van der Waals surface area contributed by atoms with E-state index in [2.05, 4.69) is 5.32 Å². The molecule has 2 aromatic rings. The van der Waals surface area contributed by atoms with Gasteiger partial charge < -0.3 is 19.2 Å². The van der Waals surface area contributed by atoms with Gasteiger partial charge in [0.1, 0.15) is 22.2 Å². The van der Waals surface area contributed by atoms with Crippen LogP contribution in [0.3, 0.4) is 0 Å². The zero-order valence-electron chi connectivity index (χ0n) is 14.0. The summed E-state index contributed by atoms with van der Waals surface area (Å²) < 4.78 is 15.4. The van der Waals surface area contributed by atoms with Crippen LogP contribution in [-0.4, -0.2) is 25.1 Å². The van der Waals surface area contributed by atoms with Crippen molar-refractivity contribution in [1.29, 1.82) is 0 Å². The molecule has 0 fully saturated rings. The Morgan fingerprint density at radius 3 is 2.64 bits per heavy atom. The second kappa shape index (κ2) is 8.00. The third kappa shape index (κ3) is 4.60. The summed E-state index contributed by atoms with van der Waals surface area (Å²) in [7, 11) is 3.10. The van der Waals surface area contributed by atoms with Crippen LogP contribution in [0.15, 0.2) is 40.8 Å². The minimum absolute atomic E-state index is 0.216. The third-order valence-electron chi connectivity index (χ3n) is 3.45. The van der Waals surface area contributed by atoms with Crippen molar-refractivity contribution in [3.63, 3.8) is 0 Å². The number of benzene rings is 1. The van der Waals surface area contributed by atoms with Crippen molar-refractivity contribution in [3.05, 3.63) is 57.8 Å². The van der Waals surface area contributed by atoms with E-state index in [9.17, 15) is 14.9 Å². The molecule has 1 N–H and O–H groups in total. The first-order valence-electron chi connectivity index (χ1n) is 7.39. The Bertz CT molecular complexity index is 796. The van der Waals surface area contributed by atoms with Crippen molar-refractivity contribution in [2.24, 2.45) is 0 Å². The molecule has 1 atom stereocenters. The summed E-state index contributed by atoms with van der Waals surface area (Å²) in [6.07, 6.45) is 2.60. The van der Waals surface area contributed by atoms with Crippen LogP contribution in [0, 0.1) is 10.1 Å². The van der Waals surface area contributed by atoms with Crippen LogP contribution in [0.5, 0.6) is 11.5 Å². The lowest BCUT2D eigenvalue weighted by atomic mass is 10.1. The number of nitrogens with zero attached hydrogens (tertiary/aromatic N) is 1. The minimum atomic E-state index is -0.644. The van der Waals surface area contributed by atoms with Gasteiger partial charge in [-0.05, 0) is 37.3 Å². The lowest BCUT2D eigenvalue weighted by Crippen LogP contribution is -2.25. The highest BCUT2D eigenvalue weighted by molar-refractivity contribution is 5.91. The maximum atomic E-state index is 12.0. The lowest BCUT2D eigenvalue weighted by Gasteiger charge is -2.17. The van der Waals surface area contributed by atoms with E-state index in [1.165, 1.54) is 24.3 Å². The summed E-state index contributed by atoms with van der Waals surface area (Å²) in [5, 5.41) is 13.3. The molecule has 0 unspecified atom stereocenters. The molecule has 0 spiro atoms. The van der Waals surface area contributed by atoms with Gasteiger partial charge in [-0.25, -0.2) is 0 Å². The van der Waals surface area contributed by atoms with E-state index >= 15 is 0 Å². The molecule has 0 aliphatic heterocycles. The zero-order valence-corrected chi connectivity index (χ0v) is 14.0. The van der Waals surface area contributed by atoms with Gasteiger partial charge in [-0.3, -0.25) is 14.9 Å². The lowest BCUT2D eigenvalue weighted by molar-refractivity contribution is -0.402. The molecule has 2 rings (SSSR count). The molecule has 0 bridgehead atoms. The Morgan fingerprint density at radius 1 is 1.28 bits per heavy atom. The maximum Gasteiger partial charge on any atom is 0.433 e. The van der Waals surface area contributed by atoms with Crippen LogP contribution in [0.4, 0.5) is 5.88 Å². The predicted octanol–water partition coefficient (Wildman–Crippen LogP) is 3.10. The number of carbonyl (C=O) groups is 1. The molecule has 25 heavy (non-hydrogen) atoms. The molecule has 0 radical (unpaired) electrons. The molecule has 0 saturated carbocycles. The van der Waals surface area contributed by atoms with Gasteiger partial charge in [0.05, 0.1) is 26.3 Å². The minimum Gasteiger partial charge on any atom is -0.497 e. The second-order valence-electron chi connectivity index (χ2n) is 5.10. The molecule has 1 heterocycles.